The summed E-state index contributed by atoms with van der Waals surface area (Å²) in [5, 5.41) is 7.07. The Balaban J connectivity index is 1.73. The van der Waals surface area contributed by atoms with Crippen molar-refractivity contribution in [2.75, 3.05) is 13.2 Å². The highest BCUT2D eigenvalue weighted by atomic mass is 32.1. The van der Waals surface area contributed by atoms with Crippen LogP contribution in [0, 0.1) is 6.92 Å². The molecule has 7 heteroatoms. The van der Waals surface area contributed by atoms with Crippen molar-refractivity contribution < 1.29 is 19.1 Å². The Kier molecular flexibility index (Phi) is 7.35. The average Bonchev–Trinajstić information content (AvgIpc) is 3.18. The van der Waals surface area contributed by atoms with Crippen LogP contribution in [0.5, 0.6) is 0 Å². The Labute approximate surface area is 156 Å². The van der Waals surface area contributed by atoms with Gasteiger partial charge in [0.15, 0.2) is 6.61 Å². The number of rotatable bonds is 8. The van der Waals surface area contributed by atoms with Crippen LogP contribution in [0.2, 0.25) is 0 Å². The molecule has 0 spiro atoms. The highest BCUT2D eigenvalue weighted by molar-refractivity contribution is 7.12. The van der Waals surface area contributed by atoms with Crippen molar-refractivity contribution in [1.29, 1.82) is 0 Å². The molecule has 0 saturated carbocycles. The van der Waals surface area contributed by atoms with Gasteiger partial charge in [0.1, 0.15) is 6.54 Å². The molecular weight excluding hydrogens is 352 g/mol. The van der Waals surface area contributed by atoms with Crippen molar-refractivity contribution >= 4 is 29.1 Å². The summed E-state index contributed by atoms with van der Waals surface area (Å²) in [5.41, 5.74) is 2.15. The molecule has 0 bridgehead atoms. The number of thiophene rings is 1. The van der Waals surface area contributed by atoms with E-state index in [1.54, 1.807) is 17.5 Å². The summed E-state index contributed by atoms with van der Waals surface area (Å²) in [4.78, 5) is 35.9. The lowest BCUT2D eigenvalue weighted by Crippen LogP contribution is -2.35. The van der Waals surface area contributed by atoms with Gasteiger partial charge in [0.25, 0.3) is 11.8 Å². The van der Waals surface area contributed by atoms with Crippen molar-refractivity contribution in [2.24, 2.45) is 0 Å². The molecule has 0 aliphatic heterocycles. The van der Waals surface area contributed by atoms with Gasteiger partial charge in [-0.2, -0.15) is 0 Å². The van der Waals surface area contributed by atoms with Crippen LogP contribution in [0.4, 0.5) is 0 Å². The molecule has 1 atom stereocenters. The molecule has 2 rings (SSSR count). The second kappa shape index (κ2) is 9.72. The maximum Gasteiger partial charge on any atom is 0.325 e. The molecular formula is C19H22N2O4S. The maximum absolute atomic E-state index is 12.0. The predicted molar refractivity (Wildman–Crippen MR) is 100.0 cm³/mol. The third-order valence-corrected chi connectivity index (χ3v) is 4.59. The maximum atomic E-state index is 12.0. The SMILES string of the molecule is CC[C@H](NC(=O)COC(=O)CNC(=O)c1cccs1)c1ccc(C)cc1. The summed E-state index contributed by atoms with van der Waals surface area (Å²) >= 11 is 1.28. The van der Waals surface area contributed by atoms with Gasteiger partial charge >= 0.3 is 5.97 Å². The smallest absolute Gasteiger partial charge is 0.325 e. The minimum absolute atomic E-state index is 0.139. The fourth-order valence-corrected chi connectivity index (χ4v) is 2.94. The lowest BCUT2D eigenvalue weighted by molar-refractivity contribution is -0.147. The minimum atomic E-state index is -0.659. The van der Waals surface area contributed by atoms with Crippen molar-refractivity contribution in [3.8, 4) is 0 Å². The summed E-state index contributed by atoms with van der Waals surface area (Å²) in [5.74, 6) is -1.38. The number of hydrogen-bond acceptors (Lipinski definition) is 5. The Morgan fingerprint density at radius 2 is 1.88 bits per heavy atom. The van der Waals surface area contributed by atoms with E-state index in [4.69, 9.17) is 4.74 Å². The molecule has 1 aromatic heterocycles. The Morgan fingerprint density at radius 3 is 2.50 bits per heavy atom. The van der Waals surface area contributed by atoms with Crippen LogP contribution in [0.1, 0.15) is 40.2 Å². The van der Waals surface area contributed by atoms with Gasteiger partial charge in [-0.15, -0.1) is 11.3 Å². The van der Waals surface area contributed by atoms with Crippen LogP contribution in [0.3, 0.4) is 0 Å². The normalized spacial score (nSPS) is 11.5. The zero-order valence-corrected chi connectivity index (χ0v) is 15.6. The minimum Gasteiger partial charge on any atom is -0.454 e. The van der Waals surface area contributed by atoms with Crippen LogP contribution in [0.15, 0.2) is 41.8 Å². The van der Waals surface area contributed by atoms with Gasteiger partial charge in [-0.05, 0) is 30.4 Å². The van der Waals surface area contributed by atoms with Crippen LogP contribution >= 0.6 is 11.3 Å². The monoisotopic (exact) mass is 374 g/mol. The number of ether oxygens (including phenoxy) is 1. The number of carbonyl (C=O) groups excluding carboxylic acids is 3. The summed E-state index contributed by atoms with van der Waals surface area (Å²) in [6.07, 6.45) is 0.722. The summed E-state index contributed by atoms with van der Waals surface area (Å²) < 4.78 is 4.91. The van der Waals surface area contributed by atoms with Crippen molar-refractivity contribution in [1.82, 2.24) is 10.6 Å². The van der Waals surface area contributed by atoms with E-state index in [1.165, 1.54) is 11.3 Å². The van der Waals surface area contributed by atoms with Crippen LogP contribution in [0.25, 0.3) is 0 Å². The van der Waals surface area contributed by atoms with E-state index in [0.717, 1.165) is 17.5 Å². The Bertz CT molecular complexity index is 741. The number of benzene rings is 1. The second-order valence-electron chi connectivity index (χ2n) is 5.76. The van der Waals surface area contributed by atoms with E-state index in [2.05, 4.69) is 10.6 Å². The number of amides is 2. The molecule has 0 unspecified atom stereocenters. The van der Waals surface area contributed by atoms with Crippen molar-refractivity contribution in [2.45, 2.75) is 26.3 Å². The number of aryl methyl sites for hydroxylation is 1. The Hall–Kier alpha value is -2.67. The number of nitrogens with one attached hydrogen (secondary N) is 2. The molecule has 26 heavy (non-hydrogen) atoms. The standard InChI is InChI=1S/C19H22N2O4S/c1-3-15(14-8-6-13(2)7-9-14)21-17(22)12-25-18(23)11-20-19(24)16-5-4-10-26-16/h4-10,15H,3,11-12H2,1-2H3,(H,20,24)(H,21,22)/t15-/m0/s1. The van der Waals surface area contributed by atoms with Crippen molar-refractivity contribution in [3.05, 3.63) is 57.8 Å². The fourth-order valence-electron chi connectivity index (χ4n) is 2.30. The van der Waals surface area contributed by atoms with Crippen LogP contribution in [-0.2, 0) is 14.3 Å². The second-order valence-corrected chi connectivity index (χ2v) is 6.71. The van der Waals surface area contributed by atoms with Crippen molar-refractivity contribution in [3.63, 3.8) is 0 Å². The van der Waals surface area contributed by atoms with E-state index in [0.29, 0.717) is 4.88 Å². The first-order valence-corrected chi connectivity index (χ1v) is 9.20. The lowest BCUT2D eigenvalue weighted by Gasteiger charge is -2.17. The molecule has 0 fully saturated rings. The molecule has 138 valence electrons. The zero-order valence-electron chi connectivity index (χ0n) is 14.8. The van der Waals surface area contributed by atoms with Gasteiger partial charge in [-0.3, -0.25) is 14.4 Å². The zero-order chi connectivity index (χ0) is 18.9. The van der Waals surface area contributed by atoms with Crippen LogP contribution < -0.4 is 10.6 Å². The first-order valence-electron chi connectivity index (χ1n) is 8.33. The largest absolute Gasteiger partial charge is 0.454 e. The van der Waals surface area contributed by atoms with E-state index < -0.39 is 5.97 Å². The highest BCUT2D eigenvalue weighted by Gasteiger charge is 2.15. The van der Waals surface area contributed by atoms with Gasteiger partial charge in [0, 0.05) is 0 Å². The molecule has 0 radical (unpaired) electrons. The summed E-state index contributed by atoms with van der Waals surface area (Å²) in [6, 6.07) is 11.2. The van der Waals surface area contributed by atoms with Gasteiger partial charge in [0.05, 0.1) is 10.9 Å². The molecule has 0 aliphatic carbocycles. The third-order valence-electron chi connectivity index (χ3n) is 3.73. The molecule has 6 nitrogen and oxygen atoms in total. The van der Waals surface area contributed by atoms with E-state index in [1.807, 2.05) is 38.1 Å². The predicted octanol–water partition coefficient (Wildman–Crippen LogP) is 2.60. The number of hydrogen-bond donors (Lipinski definition) is 2. The number of carbonyl (C=O) groups is 3. The van der Waals surface area contributed by atoms with Gasteiger partial charge in [0.2, 0.25) is 0 Å². The first kappa shape index (κ1) is 19.7. The van der Waals surface area contributed by atoms with Crippen LogP contribution in [-0.4, -0.2) is 30.9 Å². The molecule has 2 N–H and O–H groups in total. The molecule has 0 aliphatic rings. The summed E-state index contributed by atoms with van der Waals surface area (Å²) in [7, 11) is 0. The highest BCUT2D eigenvalue weighted by Crippen LogP contribution is 2.16. The first-order chi connectivity index (χ1) is 12.5. The van der Waals surface area contributed by atoms with E-state index in [-0.39, 0.29) is 31.0 Å². The lowest BCUT2D eigenvalue weighted by atomic mass is 10.0. The fraction of sp³-hybridized carbons (Fsp3) is 0.316. The quantitative estimate of drug-likeness (QED) is 0.696. The number of esters is 1. The van der Waals surface area contributed by atoms with E-state index >= 15 is 0 Å². The molecule has 2 amide bonds. The van der Waals surface area contributed by atoms with Gasteiger partial charge in [-0.1, -0.05) is 42.8 Å². The van der Waals surface area contributed by atoms with Gasteiger partial charge < -0.3 is 15.4 Å². The molecule has 1 aromatic carbocycles. The molecule has 2 aromatic rings. The molecule has 0 saturated heterocycles. The average molecular weight is 374 g/mol. The topological polar surface area (TPSA) is 84.5 Å². The van der Waals surface area contributed by atoms with E-state index in [9.17, 15) is 14.4 Å². The summed E-state index contributed by atoms with van der Waals surface area (Å²) in [6.45, 7) is 3.31. The molecule has 1 heterocycles. The van der Waals surface area contributed by atoms with Gasteiger partial charge in [-0.25, -0.2) is 0 Å². The Morgan fingerprint density at radius 1 is 1.15 bits per heavy atom. The third kappa shape index (κ3) is 6.00.